The van der Waals surface area contributed by atoms with Gasteiger partial charge in [0.2, 0.25) is 0 Å². The lowest BCUT2D eigenvalue weighted by molar-refractivity contribution is 0.562. The van der Waals surface area contributed by atoms with Crippen LogP contribution in [0.3, 0.4) is 0 Å². The van der Waals surface area contributed by atoms with Crippen LogP contribution in [-0.4, -0.2) is 18.7 Å². The van der Waals surface area contributed by atoms with Crippen LogP contribution in [0, 0.1) is 0 Å². The second kappa shape index (κ2) is 3.51. The molecular weight excluding hydrogens is 252 g/mol. The molecular formula is C8H6N2O4S2. The number of rotatable bonds is 1. The van der Waals surface area contributed by atoms with Crippen molar-refractivity contribution in [3.63, 3.8) is 0 Å². The fraction of sp³-hybridized carbons (Fsp3) is 0. The third kappa shape index (κ3) is 1.90. The van der Waals surface area contributed by atoms with Crippen molar-refractivity contribution >= 4 is 31.0 Å². The van der Waals surface area contributed by atoms with Crippen molar-refractivity contribution in [1.29, 1.82) is 0 Å². The van der Waals surface area contributed by atoms with Crippen molar-refractivity contribution < 1.29 is 8.76 Å². The van der Waals surface area contributed by atoms with Gasteiger partial charge in [-0.25, -0.2) is 4.21 Å². The zero-order chi connectivity index (χ0) is 11.9. The Morgan fingerprint density at radius 3 is 2.25 bits per heavy atom. The Morgan fingerprint density at radius 2 is 1.69 bits per heavy atom. The lowest BCUT2D eigenvalue weighted by Gasteiger charge is -2.01. The van der Waals surface area contributed by atoms with E-state index in [0.29, 0.717) is 5.52 Å². The first-order valence-corrected chi connectivity index (χ1v) is 6.56. The highest BCUT2D eigenvalue weighted by molar-refractivity contribution is 8.29. The molecule has 3 N–H and O–H groups in total. The molecule has 2 rings (SSSR count). The molecule has 1 aromatic heterocycles. The third-order valence-corrected chi connectivity index (χ3v) is 3.42. The van der Waals surface area contributed by atoms with Crippen LogP contribution < -0.4 is 11.1 Å². The van der Waals surface area contributed by atoms with Crippen molar-refractivity contribution in [1.82, 2.24) is 9.97 Å². The number of fused-ring (bicyclic) bond motifs is 1. The SMILES string of the molecule is O=c1[nH]c2ccc(S(=O)(O)=S)cc2[nH]c1=O. The molecule has 0 radical (unpaired) electrons. The van der Waals surface area contributed by atoms with E-state index in [9.17, 15) is 13.8 Å². The molecule has 1 atom stereocenters. The standard InChI is InChI=1S/C8H6N2O4S2/c11-7-8(12)10-6-3-4(16(13,14)15)1-2-5(6)9-7/h1-3H,(H,9,11)(H,10,12)(H,13,14,15). The summed E-state index contributed by atoms with van der Waals surface area (Å²) in [6.45, 7) is 0. The van der Waals surface area contributed by atoms with E-state index >= 15 is 0 Å². The van der Waals surface area contributed by atoms with Crippen LogP contribution in [0.25, 0.3) is 11.0 Å². The highest BCUT2D eigenvalue weighted by Gasteiger charge is 2.07. The average Bonchev–Trinajstić information content (AvgIpc) is 2.17. The summed E-state index contributed by atoms with van der Waals surface area (Å²) < 4.78 is 20.3. The highest BCUT2D eigenvalue weighted by atomic mass is 32.8. The van der Waals surface area contributed by atoms with E-state index in [2.05, 4.69) is 21.2 Å². The first-order valence-electron chi connectivity index (χ1n) is 4.12. The zero-order valence-electron chi connectivity index (χ0n) is 7.72. The normalized spacial score (nSPS) is 14.8. The smallest absolute Gasteiger partial charge is 0.314 e. The summed E-state index contributed by atoms with van der Waals surface area (Å²) in [6, 6.07) is 4.00. The van der Waals surface area contributed by atoms with Gasteiger partial charge < -0.3 is 14.5 Å². The number of aromatic amines is 2. The molecule has 84 valence electrons. The number of H-pyrrole nitrogens is 2. The fourth-order valence-electron chi connectivity index (χ4n) is 1.25. The molecule has 0 amide bonds. The molecule has 1 aromatic carbocycles. The van der Waals surface area contributed by atoms with E-state index < -0.39 is 19.9 Å². The summed E-state index contributed by atoms with van der Waals surface area (Å²) in [5, 5.41) is 0. The van der Waals surface area contributed by atoms with Crippen LogP contribution >= 0.6 is 0 Å². The van der Waals surface area contributed by atoms with E-state index in [1.54, 1.807) is 0 Å². The van der Waals surface area contributed by atoms with E-state index in [-0.39, 0.29) is 10.4 Å². The number of hydrogen-bond acceptors (Lipinski definition) is 4. The minimum absolute atomic E-state index is 0.0118. The predicted octanol–water partition coefficient (Wildman–Crippen LogP) is -0.205. The summed E-state index contributed by atoms with van der Waals surface area (Å²) in [6.07, 6.45) is 0. The van der Waals surface area contributed by atoms with E-state index in [0.717, 1.165) is 0 Å². The minimum Gasteiger partial charge on any atom is -0.316 e. The van der Waals surface area contributed by atoms with Crippen LogP contribution in [0.15, 0.2) is 32.7 Å². The largest absolute Gasteiger partial charge is 0.316 e. The predicted molar refractivity (Wildman–Crippen MR) is 61.6 cm³/mol. The van der Waals surface area contributed by atoms with Crippen LogP contribution in [0.2, 0.25) is 0 Å². The van der Waals surface area contributed by atoms with Crippen LogP contribution in [0.1, 0.15) is 0 Å². The summed E-state index contributed by atoms with van der Waals surface area (Å²) in [4.78, 5) is 26.7. The van der Waals surface area contributed by atoms with Crippen molar-refractivity contribution in [3.8, 4) is 0 Å². The zero-order valence-corrected chi connectivity index (χ0v) is 9.35. The lowest BCUT2D eigenvalue weighted by atomic mass is 10.3. The van der Waals surface area contributed by atoms with Gasteiger partial charge in [-0.05, 0) is 18.2 Å². The number of benzene rings is 1. The molecule has 1 heterocycles. The molecule has 0 aliphatic carbocycles. The maximum Gasteiger partial charge on any atom is 0.314 e. The van der Waals surface area contributed by atoms with Crippen LogP contribution in [0.4, 0.5) is 0 Å². The topological polar surface area (TPSA) is 103 Å². The van der Waals surface area contributed by atoms with Gasteiger partial charge >= 0.3 is 11.1 Å². The van der Waals surface area contributed by atoms with Gasteiger partial charge in [0.05, 0.1) is 15.9 Å². The molecule has 0 saturated heterocycles. The van der Waals surface area contributed by atoms with Crippen molar-refractivity contribution in [3.05, 3.63) is 38.9 Å². The molecule has 1 unspecified atom stereocenters. The quantitative estimate of drug-likeness (QED) is 0.614. The average molecular weight is 258 g/mol. The Kier molecular flexibility index (Phi) is 2.41. The summed E-state index contributed by atoms with van der Waals surface area (Å²) in [5.41, 5.74) is -0.970. The van der Waals surface area contributed by atoms with Gasteiger partial charge in [0.1, 0.15) is 0 Å². The van der Waals surface area contributed by atoms with E-state index in [1.165, 1.54) is 18.2 Å². The highest BCUT2D eigenvalue weighted by Crippen LogP contribution is 2.13. The van der Waals surface area contributed by atoms with Gasteiger partial charge in [-0.3, -0.25) is 9.59 Å². The Bertz CT molecular complexity index is 772. The second-order valence-corrected chi connectivity index (χ2v) is 5.87. The Morgan fingerprint density at radius 1 is 1.12 bits per heavy atom. The second-order valence-electron chi connectivity index (χ2n) is 3.09. The van der Waals surface area contributed by atoms with Gasteiger partial charge in [0, 0.05) is 11.2 Å². The molecule has 2 aromatic rings. The first kappa shape index (κ1) is 11.0. The van der Waals surface area contributed by atoms with Gasteiger partial charge in [0.25, 0.3) is 0 Å². The molecule has 6 nitrogen and oxygen atoms in total. The molecule has 16 heavy (non-hydrogen) atoms. The van der Waals surface area contributed by atoms with Crippen molar-refractivity contribution in [2.45, 2.75) is 4.90 Å². The van der Waals surface area contributed by atoms with Crippen LogP contribution in [0.5, 0.6) is 0 Å². The Hall–Kier alpha value is -1.51. The number of nitrogens with one attached hydrogen (secondary N) is 2. The Balaban J connectivity index is 2.87. The first-order chi connectivity index (χ1) is 7.38. The summed E-state index contributed by atoms with van der Waals surface area (Å²) in [5.74, 6) is 0. The number of hydrogen-bond donors (Lipinski definition) is 3. The number of aromatic nitrogens is 2. The summed E-state index contributed by atoms with van der Waals surface area (Å²) in [7, 11) is -3.50. The lowest BCUT2D eigenvalue weighted by Crippen LogP contribution is -2.28. The van der Waals surface area contributed by atoms with E-state index in [1.807, 2.05) is 0 Å². The van der Waals surface area contributed by atoms with Gasteiger partial charge in [-0.15, -0.1) is 0 Å². The van der Waals surface area contributed by atoms with Gasteiger partial charge in [0.15, 0.2) is 8.77 Å². The maximum atomic E-state index is 11.2. The monoisotopic (exact) mass is 258 g/mol. The summed E-state index contributed by atoms with van der Waals surface area (Å²) >= 11 is 4.39. The Labute approximate surface area is 93.8 Å². The minimum atomic E-state index is -3.50. The molecule has 0 bridgehead atoms. The third-order valence-electron chi connectivity index (χ3n) is 1.99. The van der Waals surface area contributed by atoms with Gasteiger partial charge in [-0.2, -0.15) is 0 Å². The molecule has 0 aliphatic heterocycles. The van der Waals surface area contributed by atoms with Gasteiger partial charge in [-0.1, -0.05) is 0 Å². The van der Waals surface area contributed by atoms with Crippen molar-refractivity contribution in [2.24, 2.45) is 0 Å². The molecule has 0 saturated carbocycles. The fourth-order valence-corrected chi connectivity index (χ4v) is 2.07. The van der Waals surface area contributed by atoms with Crippen LogP contribution in [-0.2, 0) is 20.0 Å². The molecule has 0 fully saturated rings. The van der Waals surface area contributed by atoms with Crippen molar-refractivity contribution in [2.75, 3.05) is 0 Å². The maximum absolute atomic E-state index is 11.2. The molecule has 0 spiro atoms. The van der Waals surface area contributed by atoms with E-state index in [4.69, 9.17) is 4.55 Å². The molecule has 8 heteroatoms. The molecule has 0 aliphatic rings.